The van der Waals surface area contributed by atoms with Gasteiger partial charge in [0, 0.05) is 26.0 Å². The maximum Gasteiger partial charge on any atom is 0.416 e. The van der Waals surface area contributed by atoms with Crippen molar-refractivity contribution in [2.75, 3.05) is 7.05 Å². The lowest BCUT2D eigenvalue weighted by molar-refractivity contribution is -0.138. The van der Waals surface area contributed by atoms with E-state index >= 15 is 0 Å². The predicted molar refractivity (Wildman–Crippen MR) is 84.1 cm³/mol. The van der Waals surface area contributed by atoms with E-state index in [1.54, 1.807) is 25.5 Å². The first-order chi connectivity index (χ1) is 11.3. The molecule has 1 N–H and O–H groups in total. The van der Waals surface area contributed by atoms with Gasteiger partial charge in [-0.05, 0) is 30.2 Å². The van der Waals surface area contributed by atoms with Crippen LogP contribution in [0.4, 0.5) is 18.0 Å². The minimum absolute atomic E-state index is 0.0353. The molecule has 0 aliphatic heterocycles. The van der Waals surface area contributed by atoms with E-state index in [0.717, 1.165) is 11.6 Å². The van der Waals surface area contributed by atoms with E-state index in [9.17, 15) is 18.0 Å². The number of amides is 2. The third-order valence-electron chi connectivity index (χ3n) is 3.56. The fraction of sp³-hybridized carbons (Fsp3) is 0.294. The van der Waals surface area contributed by atoms with E-state index in [4.69, 9.17) is 0 Å². The van der Waals surface area contributed by atoms with Gasteiger partial charge in [-0.15, -0.1) is 0 Å². The van der Waals surface area contributed by atoms with E-state index in [1.165, 1.54) is 30.0 Å². The second-order valence-corrected chi connectivity index (χ2v) is 5.47. The van der Waals surface area contributed by atoms with Gasteiger partial charge in [-0.25, -0.2) is 4.79 Å². The number of carbonyl (C=O) groups excluding carboxylic acids is 1. The minimum Gasteiger partial charge on any atom is -0.331 e. The number of pyridine rings is 1. The quantitative estimate of drug-likeness (QED) is 0.916. The number of hydrogen-bond donors (Lipinski definition) is 1. The Bertz CT molecular complexity index is 689. The Kier molecular flexibility index (Phi) is 5.43. The Morgan fingerprint density at radius 1 is 1.25 bits per heavy atom. The molecule has 0 saturated carbocycles. The first-order valence-electron chi connectivity index (χ1n) is 7.35. The van der Waals surface area contributed by atoms with Crippen LogP contribution in [0, 0.1) is 0 Å². The molecule has 1 unspecified atom stereocenters. The fourth-order valence-electron chi connectivity index (χ4n) is 2.34. The van der Waals surface area contributed by atoms with Crippen LogP contribution >= 0.6 is 0 Å². The number of alkyl halides is 3. The molecule has 2 rings (SSSR count). The number of rotatable bonds is 4. The van der Waals surface area contributed by atoms with Crippen LogP contribution in [0.25, 0.3) is 0 Å². The highest BCUT2D eigenvalue weighted by Gasteiger charge is 2.34. The number of benzene rings is 1. The standard InChI is InChI=1S/C17H18F3N3O/c1-12(14-7-3-4-8-15(14)17(18,19)20)22-16(24)23(2)11-13-6-5-9-21-10-13/h3-10,12H,11H2,1-2H3,(H,22,24). The molecule has 7 heteroatoms. The molecule has 1 atom stereocenters. The third-order valence-corrected chi connectivity index (χ3v) is 3.56. The highest BCUT2D eigenvalue weighted by Crippen LogP contribution is 2.34. The van der Waals surface area contributed by atoms with Gasteiger partial charge in [0.05, 0.1) is 11.6 Å². The number of carbonyl (C=O) groups is 1. The fourth-order valence-corrected chi connectivity index (χ4v) is 2.34. The highest BCUT2D eigenvalue weighted by atomic mass is 19.4. The second kappa shape index (κ2) is 7.33. The molecule has 1 heterocycles. The summed E-state index contributed by atoms with van der Waals surface area (Å²) in [7, 11) is 1.57. The lowest BCUT2D eigenvalue weighted by Gasteiger charge is -2.23. The summed E-state index contributed by atoms with van der Waals surface area (Å²) in [5, 5.41) is 2.60. The average molecular weight is 337 g/mol. The number of aromatic nitrogens is 1. The molecule has 1 aromatic heterocycles. The largest absolute Gasteiger partial charge is 0.416 e. The zero-order valence-electron chi connectivity index (χ0n) is 13.3. The van der Waals surface area contributed by atoms with Gasteiger partial charge in [0.1, 0.15) is 0 Å². The van der Waals surface area contributed by atoms with Crippen LogP contribution < -0.4 is 5.32 Å². The first kappa shape index (κ1) is 17.8. The number of nitrogens with zero attached hydrogens (tertiary/aromatic N) is 2. The Morgan fingerprint density at radius 2 is 1.96 bits per heavy atom. The molecule has 2 amide bonds. The van der Waals surface area contributed by atoms with Crippen molar-refractivity contribution in [2.45, 2.75) is 25.7 Å². The summed E-state index contributed by atoms with van der Waals surface area (Å²) in [6.07, 6.45) is -1.21. The number of hydrogen-bond acceptors (Lipinski definition) is 2. The van der Waals surface area contributed by atoms with Gasteiger partial charge in [0.2, 0.25) is 0 Å². The summed E-state index contributed by atoms with van der Waals surface area (Å²) in [6.45, 7) is 1.84. The van der Waals surface area contributed by atoms with Gasteiger partial charge in [0.25, 0.3) is 0 Å². The second-order valence-electron chi connectivity index (χ2n) is 5.47. The van der Waals surface area contributed by atoms with Gasteiger partial charge < -0.3 is 10.2 Å². The van der Waals surface area contributed by atoms with Gasteiger partial charge >= 0.3 is 12.2 Å². The van der Waals surface area contributed by atoms with E-state index in [2.05, 4.69) is 10.3 Å². The van der Waals surface area contributed by atoms with Crippen LogP contribution in [0.2, 0.25) is 0 Å². The lowest BCUT2D eigenvalue weighted by atomic mass is 10.0. The Balaban J connectivity index is 2.07. The molecule has 1 aromatic carbocycles. The lowest BCUT2D eigenvalue weighted by Crippen LogP contribution is -2.38. The van der Waals surface area contributed by atoms with E-state index in [1.807, 2.05) is 6.07 Å². The van der Waals surface area contributed by atoms with Crippen molar-refractivity contribution in [1.29, 1.82) is 0 Å². The summed E-state index contributed by atoms with van der Waals surface area (Å²) >= 11 is 0. The van der Waals surface area contributed by atoms with Gasteiger partial charge in [-0.3, -0.25) is 4.98 Å². The summed E-state index contributed by atoms with van der Waals surface area (Å²) in [6, 6.07) is 7.58. The van der Waals surface area contributed by atoms with Gasteiger partial charge in [-0.2, -0.15) is 13.2 Å². The van der Waals surface area contributed by atoms with Crippen LogP contribution in [0.1, 0.15) is 29.7 Å². The molecule has 0 fully saturated rings. The Hall–Kier alpha value is -2.57. The zero-order chi connectivity index (χ0) is 17.7. The summed E-state index contributed by atoms with van der Waals surface area (Å²) < 4.78 is 39.2. The van der Waals surface area contributed by atoms with Crippen molar-refractivity contribution < 1.29 is 18.0 Å². The number of urea groups is 1. The SMILES string of the molecule is CC(NC(=O)N(C)Cc1cccnc1)c1ccccc1C(F)(F)F. The monoisotopic (exact) mass is 337 g/mol. The van der Waals surface area contributed by atoms with Crippen LogP contribution in [0.15, 0.2) is 48.8 Å². The third kappa shape index (κ3) is 4.47. The summed E-state index contributed by atoms with van der Waals surface area (Å²) in [4.78, 5) is 17.6. The summed E-state index contributed by atoms with van der Waals surface area (Å²) in [5.74, 6) is 0. The van der Waals surface area contributed by atoms with E-state index in [-0.39, 0.29) is 5.56 Å². The van der Waals surface area contributed by atoms with Crippen LogP contribution in [-0.2, 0) is 12.7 Å². The van der Waals surface area contributed by atoms with Crippen molar-refractivity contribution in [3.63, 3.8) is 0 Å². The van der Waals surface area contributed by atoms with Crippen molar-refractivity contribution in [3.05, 3.63) is 65.5 Å². The van der Waals surface area contributed by atoms with Crippen LogP contribution in [0.5, 0.6) is 0 Å². The van der Waals surface area contributed by atoms with Crippen LogP contribution in [0.3, 0.4) is 0 Å². The van der Waals surface area contributed by atoms with E-state index < -0.39 is 23.8 Å². The Labute approximate surface area is 138 Å². The van der Waals surface area contributed by atoms with Crippen molar-refractivity contribution >= 4 is 6.03 Å². The normalized spacial score (nSPS) is 12.5. The molecule has 0 radical (unpaired) electrons. The molecule has 128 valence electrons. The molecule has 2 aromatic rings. The van der Waals surface area contributed by atoms with Crippen molar-refractivity contribution in [2.24, 2.45) is 0 Å². The van der Waals surface area contributed by atoms with E-state index in [0.29, 0.717) is 6.54 Å². The smallest absolute Gasteiger partial charge is 0.331 e. The number of halogens is 3. The first-order valence-corrected chi connectivity index (χ1v) is 7.35. The maximum absolute atomic E-state index is 13.1. The molecular formula is C17H18F3N3O. The molecule has 0 saturated heterocycles. The highest BCUT2D eigenvalue weighted by molar-refractivity contribution is 5.74. The van der Waals surface area contributed by atoms with Gasteiger partial charge in [0.15, 0.2) is 0 Å². The molecule has 0 bridgehead atoms. The van der Waals surface area contributed by atoms with Crippen molar-refractivity contribution in [3.8, 4) is 0 Å². The zero-order valence-corrected chi connectivity index (χ0v) is 13.3. The maximum atomic E-state index is 13.1. The van der Waals surface area contributed by atoms with Crippen LogP contribution in [-0.4, -0.2) is 23.0 Å². The molecule has 0 aliphatic rings. The molecule has 0 spiro atoms. The predicted octanol–water partition coefficient (Wildman–Crippen LogP) is 4.00. The van der Waals surface area contributed by atoms with Crippen molar-refractivity contribution in [1.82, 2.24) is 15.2 Å². The molecule has 24 heavy (non-hydrogen) atoms. The van der Waals surface area contributed by atoms with Gasteiger partial charge in [-0.1, -0.05) is 24.3 Å². The molecular weight excluding hydrogens is 319 g/mol. The topological polar surface area (TPSA) is 45.2 Å². The minimum atomic E-state index is -4.46. The Morgan fingerprint density at radius 3 is 2.58 bits per heavy atom. The number of nitrogens with one attached hydrogen (secondary N) is 1. The summed E-state index contributed by atoms with van der Waals surface area (Å²) in [5.41, 5.74) is 0.124. The molecule has 0 aliphatic carbocycles. The average Bonchev–Trinajstić information content (AvgIpc) is 2.55. The molecule has 4 nitrogen and oxygen atoms in total.